The van der Waals surface area contributed by atoms with Crippen LogP contribution in [0.15, 0.2) is 36.1 Å². The van der Waals surface area contributed by atoms with E-state index in [2.05, 4.69) is 0 Å². The summed E-state index contributed by atoms with van der Waals surface area (Å²) in [4.78, 5) is 0. The zero-order valence-corrected chi connectivity index (χ0v) is 7.74. The summed E-state index contributed by atoms with van der Waals surface area (Å²) in [6.07, 6.45) is 2.84. The van der Waals surface area contributed by atoms with Gasteiger partial charge in [0.1, 0.15) is 11.6 Å². The van der Waals surface area contributed by atoms with Gasteiger partial charge >= 0.3 is 0 Å². The lowest BCUT2D eigenvalue weighted by Crippen LogP contribution is -2.13. The number of hydrogen-bond donors (Lipinski definition) is 1. The van der Waals surface area contributed by atoms with Crippen molar-refractivity contribution in [2.45, 2.75) is 12.5 Å². The summed E-state index contributed by atoms with van der Waals surface area (Å²) in [5, 5.41) is 0. The van der Waals surface area contributed by atoms with Crippen LogP contribution in [0.3, 0.4) is 0 Å². The van der Waals surface area contributed by atoms with Crippen molar-refractivity contribution in [1.29, 1.82) is 0 Å². The Balaban J connectivity index is 2.22. The molecule has 0 aliphatic carbocycles. The Kier molecular flexibility index (Phi) is 2.50. The molecule has 0 aromatic heterocycles. The summed E-state index contributed by atoms with van der Waals surface area (Å²) in [6.45, 7) is 0.679. The third-order valence-electron chi connectivity index (χ3n) is 2.25. The lowest BCUT2D eigenvalue weighted by Gasteiger charge is -2.13. The Morgan fingerprint density at radius 1 is 1.43 bits per heavy atom. The molecule has 0 radical (unpaired) electrons. The van der Waals surface area contributed by atoms with E-state index in [0.29, 0.717) is 6.61 Å². The van der Waals surface area contributed by atoms with E-state index in [-0.39, 0.29) is 11.9 Å². The minimum absolute atomic E-state index is 0.267. The molecule has 1 unspecified atom stereocenters. The zero-order valence-electron chi connectivity index (χ0n) is 7.74. The van der Waals surface area contributed by atoms with Gasteiger partial charge in [-0.15, -0.1) is 0 Å². The SMILES string of the molecule is NC(C1=CCCO1)c1cccc(F)c1. The van der Waals surface area contributed by atoms with Crippen molar-refractivity contribution in [3.05, 3.63) is 47.5 Å². The molecule has 2 nitrogen and oxygen atoms in total. The summed E-state index contributed by atoms with van der Waals surface area (Å²) in [6, 6.07) is 5.96. The van der Waals surface area contributed by atoms with E-state index < -0.39 is 0 Å². The van der Waals surface area contributed by atoms with E-state index in [1.54, 1.807) is 12.1 Å². The number of benzene rings is 1. The van der Waals surface area contributed by atoms with Crippen LogP contribution < -0.4 is 5.73 Å². The summed E-state index contributed by atoms with van der Waals surface area (Å²) in [7, 11) is 0. The van der Waals surface area contributed by atoms with Gasteiger partial charge in [-0.2, -0.15) is 0 Å². The van der Waals surface area contributed by atoms with Gasteiger partial charge in [-0.3, -0.25) is 0 Å². The van der Waals surface area contributed by atoms with E-state index in [1.807, 2.05) is 6.08 Å². The summed E-state index contributed by atoms with van der Waals surface area (Å²) in [5.74, 6) is 0.479. The number of hydrogen-bond acceptors (Lipinski definition) is 2. The first-order chi connectivity index (χ1) is 6.77. The van der Waals surface area contributed by atoms with Gasteiger partial charge in [0.2, 0.25) is 0 Å². The van der Waals surface area contributed by atoms with E-state index in [4.69, 9.17) is 10.5 Å². The topological polar surface area (TPSA) is 35.2 Å². The van der Waals surface area contributed by atoms with Gasteiger partial charge in [-0.1, -0.05) is 12.1 Å². The molecule has 0 saturated heterocycles. The number of halogens is 1. The normalized spacial score (nSPS) is 17.4. The molecule has 0 fully saturated rings. The number of ether oxygens (including phenoxy) is 1. The molecule has 1 heterocycles. The van der Waals surface area contributed by atoms with Crippen molar-refractivity contribution in [2.24, 2.45) is 5.73 Å². The summed E-state index contributed by atoms with van der Waals surface area (Å²) in [5.41, 5.74) is 6.66. The van der Waals surface area contributed by atoms with Crippen LogP contribution in [-0.2, 0) is 4.74 Å². The maximum Gasteiger partial charge on any atom is 0.123 e. The fraction of sp³-hybridized carbons (Fsp3) is 0.273. The predicted molar refractivity (Wildman–Crippen MR) is 52.0 cm³/mol. The average molecular weight is 193 g/mol. The Hall–Kier alpha value is -1.35. The molecule has 2 N–H and O–H groups in total. The Bertz CT molecular complexity index is 362. The van der Waals surface area contributed by atoms with Crippen LogP contribution in [0, 0.1) is 5.82 Å². The molecule has 0 amide bonds. The molecule has 1 atom stereocenters. The average Bonchev–Trinajstić information content (AvgIpc) is 2.69. The van der Waals surface area contributed by atoms with Crippen molar-refractivity contribution in [1.82, 2.24) is 0 Å². The van der Waals surface area contributed by atoms with Crippen molar-refractivity contribution in [3.63, 3.8) is 0 Å². The van der Waals surface area contributed by atoms with Gasteiger partial charge in [0.15, 0.2) is 0 Å². The Morgan fingerprint density at radius 3 is 2.93 bits per heavy atom. The van der Waals surface area contributed by atoms with Gasteiger partial charge in [-0.05, 0) is 23.8 Å². The minimum atomic E-state index is -0.340. The van der Waals surface area contributed by atoms with Crippen molar-refractivity contribution >= 4 is 0 Å². The lowest BCUT2D eigenvalue weighted by molar-refractivity contribution is 0.225. The van der Waals surface area contributed by atoms with E-state index >= 15 is 0 Å². The molecule has 0 spiro atoms. The standard InChI is InChI=1S/C11H12FNO/c12-9-4-1-3-8(7-9)11(13)10-5-2-6-14-10/h1,3-5,7,11H,2,6,13H2. The highest BCUT2D eigenvalue weighted by Gasteiger charge is 2.16. The second kappa shape index (κ2) is 3.80. The number of nitrogens with two attached hydrogens (primary N) is 1. The molecule has 1 aliphatic heterocycles. The van der Waals surface area contributed by atoms with Gasteiger partial charge < -0.3 is 10.5 Å². The smallest absolute Gasteiger partial charge is 0.123 e. The minimum Gasteiger partial charge on any atom is -0.496 e. The van der Waals surface area contributed by atoms with Gasteiger partial charge in [0, 0.05) is 6.42 Å². The molecule has 0 bridgehead atoms. The fourth-order valence-electron chi connectivity index (χ4n) is 1.52. The third kappa shape index (κ3) is 1.77. The molecular weight excluding hydrogens is 181 g/mol. The van der Waals surface area contributed by atoms with Crippen LogP contribution in [-0.4, -0.2) is 6.61 Å². The molecule has 0 saturated carbocycles. The monoisotopic (exact) mass is 193 g/mol. The molecule has 3 heteroatoms. The molecular formula is C11H12FNO. The zero-order chi connectivity index (χ0) is 9.97. The highest BCUT2D eigenvalue weighted by molar-refractivity contribution is 5.26. The quantitative estimate of drug-likeness (QED) is 0.780. The lowest BCUT2D eigenvalue weighted by atomic mass is 10.1. The second-order valence-corrected chi connectivity index (χ2v) is 3.28. The van der Waals surface area contributed by atoms with Gasteiger partial charge in [-0.25, -0.2) is 4.39 Å². The molecule has 2 rings (SSSR count). The van der Waals surface area contributed by atoms with Crippen LogP contribution in [0.1, 0.15) is 18.0 Å². The highest BCUT2D eigenvalue weighted by Crippen LogP contribution is 2.24. The summed E-state index contributed by atoms with van der Waals surface area (Å²) < 4.78 is 18.2. The van der Waals surface area contributed by atoms with Crippen LogP contribution in [0.2, 0.25) is 0 Å². The maximum atomic E-state index is 12.9. The Labute approximate surface area is 82.2 Å². The molecule has 1 aliphatic rings. The molecule has 74 valence electrons. The maximum absolute atomic E-state index is 12.9. The molecule has 14 heavy (non-hydrogen) atoms. The van der Waals surface area contributed by atoms with Gasteiger partial charge in [0.25, 0.3) is 0 Å². The van der Waals surface area contributed by atoms with E-state index in [1.165, 1.54) is 12.1 Å². The number of rotatable bonds is 2. The van der Waals surface area contributed by atoms with Crippen molar-refractivity contribution < 1.29 is 9.13 Å². The second-order valence-electron chi connectivity index (χ2n) is 3.28. The van der Waals surface area contributed by atoms with Crippen molar-refractivity contribution in [3.8, 4) is 0 Å². The van der Waals surface area contributed by atoms with Crippen molar-refractivity contribution in [2.75, 3.05) is 6.61 Å². The van der Waals surface area contributed by atoms with Crippen LogP contribution >= 0.6 is 0 Å². The first kappa shape index (κ1) is 9.21. The third-order valence-corrected chi connectivity index (χ3v) is 2.25. The highest BCUT2D eigenvalue weighted by atomic mass is 19.1. The van der Waals surface area contributed by atoms with E-state index in [9.17, 15) is 4.39 Å². The van der Waals surface area contributed by atoms with Gasteiger partial charge in [0.05, 0.1) is 12.6 Å². The predicted octanol–water partition coefficient (Wildman–Crippen LogP) is 2.13. The largest absolute Gasteiger partial charge is 0.496 e. The van der Waals surface area contributed by atoms with Crippen LogP contribution in [0.5, 0.6) is 0 Å². The molecule has 1 aromatic carbocycles. The first-order valence-corrected chi connectivity index (χ1v) is 4.61. The Morgan fingerprint density at radius 2 is 2.29 bits per heavy atom. The molecule has 1 aromatic rings. The first-order valence-electron chi connectivity index (χ1n) is 4.61. The van der Waals surface area contributed by atoms with Crippen LogP contribution in [0.25, 0.3) is 0 Å². The fourth-order valence-corrected chi connectivity index (χ4v) is 1.52. The van der Waals surface area contributed by atoms with E-state index in [0.717, 1.165) is 17.7 Å². The van der Waals surface area contributed by atoms with Crippen LogP contribution in [0.4, 0.5) is 4.39 Å². The summed E-state index contributed by atoms with van der Waals surface area (Å²) >= 11 is 0.